The second kappa shape index (κ2) is 4.91. The quantitative estimate of drug-likeness (QED) is 0.465. The van der Waals surface area contributed by atoms with Crippen molar-refractivity contribution in [1.82, 2.24) is 5.32 Å². The summed E-state index contributed by atoms with van der Waals surface area (Å²) >= 11 is 0. The molecular formula is C8H15NO. The van der Waals surface area contributed by atoms with Gasteiger partial charge in [0.05, 0.1) is 5.76 Å². The van der Waals surface area contributed by atoms with Crippen molar-refractivity contribution in [3.05, 3.63) is 23.6 Å². The fourth-order valence-electron chi connectivity index (χ4n) is 0.422. The molecule has 0 rings (SSSR count). The first-order valence-electron chi connectivity index (χ1n) is 3.44. The van der Waals surface area contributed by atoms with Gasteiger partial charge in [-0.3, -0.25) is 0 Å². The summed E-state index contributed by atoms with van der Waals surface area (Å²) in [6, 6.07) is 0. The van der Waals surface area contributed by atoms with Crippen molar-refractivity contribution in [2.24, 2.45) is 0 Å². The van der Waals surface area contributed by atoms with Gasteiger partial charge < -0.3 is 10.4 Å². The average molecular weight is 141 g/mol. The van der Waals surface area contributed by atoms with E-state index in [-0.39, 0.29) is 0 Å². The molecule has 0 aromatic rings. The summed E-state index contributed by atoms with van der Waals surface area (Å²) in [6.07, 6.45) is 4.23. The van der Waals surface area contributed by atoms with Crippen molar-refractivity contribution in [1.29, 1.82) is 0 Å². The van der Waals surface area contributed by atoms with E-state index in [1.807, 2.05) is 27.0 Å². The fraction of sp³-hybridized carbons (Fsp3) is 0.500. The van der Waals surface area contributed by atoms with Crippen LogP contribution in [0.15, 0.2) is 23.6 Å². The van der Waals surface area contributed by atoms with Crippen molar-refractivity contribution in [2.45, 2.75) is 20.3 Å². The number of hydrogen-bond donors (Lipinski definition) is 2. The Bertz CT molecular complexity index is 129. The van der Waals surface area contributed by atoms with Gasteiger partial charge in [0.2, 0.25) is 0 Å². The van der Waals surface area contributed by atoms with Crippen LogP contribution in [0.4, 0.5) is 0 Å². The molecule has 0 bridgehead atoms. The van der Waals surface area contributed by atoms with E-state index in [4.69, 9.17) is 5.11 Å². The maximum Gasteiger partial charge on any atom is 0.0920 e. The Balaban J connectivity index is 3.91. The summed E-state index contributed by atoms with van der Waals surface area (Å²) in [4.78, 5) is 0. The number of nitrogens with one attached hydrogen (secondary N) is 1. The standard InChI is InChI=1S/C8H15NO/c1-4-8(10)6-5-7(2)9-3/h5-6,9-10H,4H2,1-3H3/b7-5+,8-6+. The van der Waals surface area contributed by atoms with Gasteiger partial charge in [0.25, 0.3) is 0 Å². The van der Waals surface area contributed by atoms with Crippen LogP contribution in [-0.2, 0) is 0 Å². The third-order valence-electron chi connectivity index (χ3n) is 1.28. The molecule has 0 radical (unpaired) electrons. The first kappa shape index (κ1) is 9.08. The zero-order chi connectivity index (χ0) is 7.98. The van der Waals surface area contributed by atoms with Gasteiger partial charge >= 0.3 is 0 Å². The summed E-state index contributed by atoms with van der Waals surface area (Å²) in [6.45, 7) is 3.85. The summed E-state index contributed by atoms with van der Waals surface area (Å²) < 4.78 is 0. The molecule has 58 valence electrons. The number of allylic oxidation sites excluding steroid dienone is 4. The molecule has 0 aromatic carbocycles. The lowest BCUT2D eigenvalue weighted by Gasteiger charge is -1.95. The number of rotatable bonds is 3. The molecule has 0 aliphatic rings. The van der Waals surface area contributed by atoms with Crippen LogP contribution >= 0.6 is 0 Å². The van der Waals surface area contributed by atoms with Gasteiger partial charge in [-0.1, -0.05) is 6.92 Å². The molecule has 0 amide bonds. The van der Waals surface area contributed by atoms with E-state index in [1.165, 1.54) is 0 Å². The predicted octanol–water partition coefficient (Wildman–Crippen LogP) is 1.96. The van der Waals surface area contributed by atoms with E-state index in [9.17, 15) is 0 Å². The second-order valence-electron chi connectivity index (χ2n) is 2.11. The molecule has 0 saturated carbocycles. The van der Waals surface area contributed by atoms with Crippen molar-refractivity contribution in [3.63, 3.8) is 0 Å². The normalized spacial score (nSPS) is 13.5. The molecule has 0 unspecified atom stereocenters. The van der Waals surface area contributed by atoms with E-state index >= 15 is 0 Å². The molecule has 2 heteroatoms. The van der Waals surface area contributed by atoms with E-state index < -0.39 is 0 Å². The lowest BCUT2D eigenvalue weighted by molar-refractivity contribution is 0.394. The molecule has 0 saturated heterocycles. The fourth-order valence-corrected chi connectivity index (χ4v) is 0.422. The predicted molar refractivity (Wildman–Crippen MR) is 43.8 cm³/mol. The molecule has 2 nitrogen and oxygen atoms in total. The van der Waals surface area contributed by atoms with E-state index in [2.05, 4.69) is 5.32 Å². The van der Waals surface area contributed by atoms with Crippen molar-refractivity contribution >= 4 is 0 Å². The van der Waals surface area contributed by atoms with Gasteiger partial charge in [-0.15, -0.1) is 0 Å². The van der Waals surface area contributed by atoms with E-state index in [1.54, 1.807) is 6.08 Å². The minimum atomic E-state index is 0.412. The summed E-state index contributed by atoms with van der Waals surface area (Å²) in [7, 11) is 1.85. The van der Waals surface area contributed by atoms with E-state index in [0.29, 0.717) is 12.2 Å². The van der Waals surface area contributed by atoms with Gasteiger partial charge in [0, 0.05) is 19.2 Å². The van der Waals surface area contributed by atoms with Crippen LogP contribution in [0.25, 0.3) is 0 Å². The highest BCUT2D eigenvalue weighted by Crippen LogP contribution is 1.95. The topological polar surface area (TPSA) is 32.3 Å². The first-order chi connectivity index (χ1) is 4.70. The molecule has 0 atom stereocenters. The molecule has 10 heavy (non-hydrogen) atoms. The van der Waals surface area contributed by atoms with Gasteiger partial charge in [-0.05, 0) is 19.1 Å². The number of aliphatic hydroxyl groups is 1. The van der Waals surface area contributed by atoms with Crippen molar-refractivity contribution < 1.29 is 5.11 Å². The zero-order valence-electron chi connectivity index (χ0n) is 6.81. The van der Waals surface area contributed by atoms with Crippen LogP contribution in [0.2, 0.25) is 0 Å². The summed E-state index contributed by atoms with van der Waals surface area (Å²) in [5.74, 6) is 0.412. The molecule has 0 aromatic heterocycles. The zero-order valence-corrected chi connectivity index (χ0v) is 6.81. The minimum absolute atomic E-state index is 0.412. The second-order valence-corrected chi connectivity index (χ2v) is 2.11. The third-order valence-corrected chi connectivity index (χ3v) is 1.28. The van der Waals surface area contributed by atoms with Gasteiger partial charge in [-0.25, -0.2) is 0 Å². The lowest BCUT2D eigenvalue weighted by Crippen LogP contribution is -2.00. The van der Waals surface area contributed by atoms with Crippen LogP contribution in [0, 0.1) is 0 Å². The third kappa shape index (κ3) is 4.01. The Morgan fingerprint density at radius 2 is 2.10 bits per heavy atom. The smallest absolute Gasteiger partial charge is 0.0920 e. The van der Waals surface area contributed by atoms with Gasteiger partial charge in [0.1, 0.15) is 0 Å². The Kier molecular flexibility index (Phi) is 4.46. The Labute approximate surface area is 62.3 Å². The maximum absolute atomic E-state index is 8.99. The van der Waals surface area contributed by atoms with E-state index in [0.717, 1.165) is 5.70 Å². The Morgan fingerprint density at radius 3 is 2.50 bits per heavy atom. The number of hydrogen-bond acceptors (Lipinski definition) is 2. The van der Waals surface area contributed by atoms with Crippen LogP contribution in [-0.4, -0.2) is 12.2 Å². The van der Waals surface area contributed by atoms with Crippen LogP contribution in [0.5, 0.6) is 0 Å². The number of aliphatic hydroxyl groups excluding tert-OH is 1. The van der Waals surface area contributed by atoms with Gasteiger partial charge in [0.15, 0.2) is 0 Å². The van der Waals surface area contributed by atoms with Crippen LogP contribution < -0.4 is 5.32 Å². The lowest BCUT2D eigenvalue weighted by atomic mass is 10.3. The Morgan fingerprint density at radius 1 is 1.50 bits per heavy atom. The minimum Gasteiger partial charge on any atom is -0.512 e. The molecule has 0 fully saturated rings. The summed E-state index contributed by atoms with van der Waals surface area (Å²) in [5, 5.41) is 11.9. The first-order valence-corrected chi connectivity index (χ1v) is 3.44. The van der Waals surface area contributed by atoms with Crippen LogP contribution in [0.1, 0.15) is 20.3 Å². The highest BCUT2D eigenvalue weighted by molar-refractivity contribution is 5.11. The van der Waals surface area contributed by atoms with Crippen molar-refractivity contribution in [2.75, 3.05) is 7.05 Å². The Hall–Kier alpha value is -0.920. The summed E-state index contributed by atoms with van der Waals surface area (Å²) in [5.41, 5.74) is 1.04. The molecule has 0 aliphatic heterocycles. The van der Waals surface area contributed by atoms with Gasteiger partial charge in [-0.2, -0.15) is 0 Å². The SMILES string of the molecule is CC/C(O)=C\C=C(/C)NC. The highest BCUT2D eigenvalue weighted by atomic mass is 16.3. The molecule has 0 spiro atoms. The van der Waals surface area contributed by atoms with Crippen LogP contribution in [0.3, 0.4) is 0 Å². The monoisotopic (exact) mass is 141 g/mol. The molecule has 2 N–H and O–H groups in total. The highest BCUT2D eigenvalue weighted by Gasteiger charge is 1.83. The molecule has 0 heterocycles. The molecule has 0 aliphatic carbocycles. The largest absolute Gasteiger partial charge is 0.512 e. The average Bonchev–Trinajstić information content (AvgIpc) is 1.99. The maximum atomic E-state index is 8.99. The molecular weight excluding hydrogens is 126 g/mol. The van der Waals surface area contributed by atoms with Crippen molar-refractivity contribution in [3.8, 4) is 0 Å².